The van der Waals surface area contributed by atoms with E-state index in [1.807, 2.05) is 43.5 Å². The van der Waals surface area contributed by atoms with Crippen molar-refractivity contribution < 1.29 is 9.59 Å². The minimum Gasteiger partial charge on any atom is -0.368 e. The number of thiocarbonyl (C=S) groups is 1. The van der Waals surface area contributed by atoms with E-state index in [2.05, 4.69) is 0 Å². The number of rotatable bonds is 4. The highest BCUT2D eigenvalue weighted by atomic mass is 32.2. The fourth-order valence-corrected chi connectivity index (χ4v) is 3.98. The van der Waals surface area contributed by atoms with Gasteiger partial charge in [0, 0.05) is 29.2 Å². The average Bonchev–Trinajstić information content (AvgIpc) is 2.98. The molecule has 1 aliphatic heterocycles. The lowest BCUT2D eigenvalue weighted by Crippen LogP contribution is -2.27. The van der Waals surface area contributed by atoms with Crippen molar-refractivity contribution in [3.63, 3.8) is 0 Å². The van der Waals surface area contributed by atoms with Gasteiger partial charge >= 0.3 is 0 Å². The molecule has 3 rings (SSSR count). The fraction of sp³-hybridized carbons (Fsp3) is 0.188. The summed E-state index contributed by atoms with van der Waals surface area (Å²) in [7, 11) is 0. The lowest BCUT2D eigenvalue weighted by Gasteiger charge is -2.09. The second-order valence-electron chi connectivity index (χ2n) is 5.12. The van der Waals surface area contributed by atoms with Crippen LogP contribution in [0.2, 0.25) is 0 Å². The van der Waals surface area contributed by atoms with E-state index in [0.29, 0.717) is 15.8 Å². The Labute approximate surface area is 143 Å². The Morgan fingerprint density at radius 3 is 2.78 bits per heavy atom. The Bertz CT molecular complexity index is 854. The summed E-state index contributed by atoms with van der Waals surface area (Å²) in [4.78, 5) is 25.8. The molecule has 0 spiro atoms. The summed E-state index contributed by atoms with van der Waals surface area (Å²) >= 11 is 6.53. The number of aromatic nitrogens is 1. The van der Waals surface area contributed by atoms with Crippen molar-refractivity contribution in [2.75, 3.05) is 6.54 Å². The van der Waals surface area contributed by atoms with Crippen LogP contribution >= 0.6 is 24.0 Å². The zero-order chi connectivity index (χ0) is 16.6. The highest BCUT2D eigenvalue weighted by Crippen LogP contribution is 2.34. The van der Waals surface area contributed by atoms with Gasteiger partial charge < -0.3 is 10.3 Å². The zero-order valence-corrected chi connectivity index (χ0v) is 14.1. The lowest BCUT2D eigenvalue weighted by atomic mass is 10.1. The number of nitrogens with zero attached hydrogens (tertiary/aromatic N) is 2. The predicted octanol–water partition coefficient (Wildman–Crippen LogP) is 2.35. The van der Waals surface area contributed by atoms with E-state index in [0.717, 1.165) is 16.5 Å². The van der Waals surface area contributed by atoms with Crippen LogP contribution in [0.25, 0.3) is 17.0 Å². The van der Waals surface area contributed by atoms with Gasteiger partial charge in [0.05, 0.1) is 4.91 Å². The largest absolute Gasteiger partial charge is 0.368 e. The van der Waals surface area contributed by atoms with E-state index >= 15 is 0 Å². The summed E-state index contributed by atoms with van der Waals surface area (Å²) in [5, 5.41) is 0.968. The Morgan fingerprint density at radius 1 is 1.39 bits per heavy atom. The van der Waals surface area contributed by atoms with Gasteiger partial charge in [0.2, 0.25) is 5.91 Å². The van der Waals surface area contributed by atoms with Crippen LogP contribution in [0.1, 0.15) is 12.5 Å². The lowest BCUT2D eigenvalue weighted by molar-refractivity contribution is -0.122. The molecule has 2 heterocycles. The number of primary amides is 1. The van der Waals surface area contributed by atoms with Gasteiger partial charge in [0.1, 0.15) is 10.9 Å². The normalized spacial score (nSPS) is 16.7. The van der Waals surface area contributed by atoms with E-state index in [4.69, 9.17) is 18.0 Å². The quantitative estimate of drug-likeness (QED) is 0.682. The van der Waals surface area contributed by atoms with Crippen LogP contribution < -0.4 is 5.73 Å². The average molecular weight is 345 g/mol. The van der Waals surface area contributed by atoms with Crippen molar-refractivity contribution in [2.45, 2.75) is 13.5 Å². The maximum Gasteiger partial charge on any atom is 0.266 e. The van der Waals surface area contributed by atoms with Crippen LogP contribution in [0.15, 0.2) is 35.4 Å². The van der Waals surface area contributed by atoms with Crippen molar-refractivity contribution in [3.05, 3.63) is 40.9 Å². The Balaban J connectivity index is 2.07. The molecule has 7 heteroatoms. The Hall–Kier alpha value is -2.12. The molecule has 0 bridgehead atoms. The number of likely N-dealkylation sites (N-methyl/N-ethyl adjacent to an activating group) is 1. The number of hydrogen-bond donors (Lipinski definition) is 1. The molecule has 1 fully saturated rings. The number of hydrogen-bond acceptors (Lipinski definition) is 4. The van der Waals surface area contributed by atoms with Gasteiger partial charge in [-0.25, -0.2) is 0 Å². The van der Waals surface area contributed by atoms with Crippen molar-refractivity contribution >= 4 is 57.1 Å². The molecule has 1 saturated heterocycles. The molecule has 0 unspecified atom stereocenters. The summed E-state index contributed by atoms with van der Waals surface area (Å²) in [5.41, 5.74) is 7.09. The summed E-state index contributed by atoms with van der Waals surface area (Å²) in [6.45, 7) is 2.56. The summed E-state index contributed by atoms with van der Waals surface area (Å²) in [6, 6.07) is 7.71. The van der Waals surface area contributed by atoms with Gasteiger partial charge in [0.25, 0.3) is 5.91 Å². The van der Waals surface area contributed by atoms with Gasteiger partial charge in [-0.15, -0.1) is 0 Å². The van der Waals surface area contributed by atoms with E-state index in [1.165, 1.54) is 11.8 Å². The SMILES string of the molecule is CCN1C(=O)/C(=C/c2cn(CC(N)=O)c3ccccc23)SC1=S. The number of para-hydroxylation sites is 1. The molecule has 2 amide bonds. The summed E-state index contributed by atoms with van der Waals surface area (Å²) < 4.78 is 2.37. The van der Waals surface area contributed by atoms with Gasteiger partial charge in [0.15, 0.2) is 0 Å². The number of nitrogens with two attached hydrogens (primary N) is 1. The van der Waals surface area contributed by atoms with Crippen LogP contribution in [0.4, 0.5) is 0 Å². The third-order valence-corrected chi connectivity index (χ3v) is 5.00. The Kier molecular flexibility index (Phi) is 4.23. The molecule has 2 aromatic rings. The molecule has 23 heavy (non-hydrogen) atoms. The van der Waals surface area contributed by atoms with E-state index in [-0.39, 0.29) is 12.5 Å². The molecular weight excluding hydrogens is 330 g/mol. The molecule has 2 N–H and O–H groups in total. The van der Waals surface area contributed by atoms with Crippen LogP contribution in [0.3, 0.4) is 0 Å². The molecule has 1 aromatic carbocycles. The van der Waals surface area contributed by atoms with E-state index < -0.39 is 5.91 Å². The second-order valence-corrected chi connectivity index (χ2v) is 6.80. The summed E-state index contributed by atoms with van der Waals surface area (Å²) in [5.74, 6) is -0.483. The van der Waals surface area contributed by atoms with Crippen LogP contribution in [-0.4, -0.2) is 32.1 Å². The van der Waals surface area contributed by atoms with Crippen molar-refractivity contribution in [1.82, 2.24) is 9.47 Å². The van der Waals surface area contributed by atoms with Gasteiger partial charge in [-0.3, -0.25) is 14.5 Å². The van der Waals surface area contributed by atoms with Gasteiger partial charge in [-0.2, -0.15) is 0 Å². The van der Waals surface area contributed by atoms with Crippen molar-refractivity contribution in [1.29, 1.82) is 0 Å². The maximum atomic E-state index is 12.3. The molecule has 1 aliphatic rings. The van der Waals surface area contributed by atoms with Crippen LogP contribution in [0.5, 0.6) is 0 Å². The van der Waals surface area contributed by atoms with Crippen LogP contribution in [0, 0.1) is 0 Å². The molecule has 0 radical (unpaired) electrons. The smallest absolute Gasteiger partial charge is 0.266 e. The minimum atomic E-state index is -0.408. The Morgan fingerprint density at radius 2 is 2.13 bits per heavy atom. The number of fused-ring (bicyclic) bond motifs is 1. The standard InChI is InChI=1S/C16H15N3O2S2/c1-2-19-15(21)13(23-16(19)22)7-10-8-18(9-14(17)20)12-6-4-3-5-11(10)12/h3-8H,2,9H2,1H3,(H2,17,20)/b13-7-. The van der Waals surface area contributed by atoms with Crippen molar-refractivity contribution in [2.24, 2.45) is 5.73 Å². The molecule has 0 saturated carbocycles. The fourth-order valence-electron chi connectivity index (χ4n) is 2.60. The van der Waals surface area contributed by atoms with E-state index in [9.17, 15) is 9.59 Å². The third-order valence-electron chi connectivity index (χ3n) is 3.62. The number of carbonyl (C=O) groups excluding carboxylic acids is 2. The topological polar surface area (TPSA) is 68.3 Å². The molecular formula is C16H15N3O2S2. The van der Waals surface area contributed by atoms with Crippen molar-refractivity contribution in [3.8, 4) is 0 Å². The summed E-state index contributed by atoms with van der Waals surface area (Å²) in [6.07, 6.45) is 3.67. The third kappa shape index (κ3) is 2.89. The number of benzene rings is 1. The zero-order valence-electron chi connectivity index (χ0n) is 12.5. The first-order valence-electron chi connectivity index (χ1n) is 7.12. The molecule has 1 aromatic heterocycles. The first kappa shape index (κ1) is 15.8. The molecule has 5 nitrogen and oxygen atoms in total. The number of carbonyl (C=O) groups is 2. The van der Waals surface area contributed by atoms with Gasteiger partial charge in [-0.1, -0.05) is 42.2 Å². The second kappa shape index (κ2) is 6.17. The minimum absolute atomic E-state index is 0.0748. The highest BCUT2D eigenvalue weighted by molar-refractivity contribution is 8.26. The molecule has 118 valence electrons. The molecule has 0 atom stereocenters. The predicted molar refractivity (Wildman–Crippen MR) is 96.7 cm³/mol. The van der Waals surface area contributed by atoms with Gasteiger partial charge in [-0.05, 0) is 19.1 Å². The number of amides is 2. The number of thioether (sulfide) groups is 1. The van der Waals surface area contributed by atoms with Crippen LogP contribution in [-0.2, 0) is 16.1 Å². The maximum absolute atomic E-state index is 12.3. The first-order chi connectivity index (χ1) is 11.0. The monoisotopic (exact) mass is 345 g/mol. The highest BCUT2D eigenvalue weighted by Gasteiger charge is 2.30. The van der Waals surface area contributed by atoms with E-state index in [1.54, 1.807) is 9.47 Å². The molecule has 0 aliphatic carbocycles. The first-order valence-corrected chi connectivity index (χ1v) is 8.35.